The van der Waals surface area contributed by atoms with E-state index in [1.165, 1.54) is 11.8 Å². The van der Waals surface area contributed by atoms with Crippen molar-refractivity contribution < 1.29 is 9.21 Å². The number of hydrogen-bond donors (Lipinski definition) is 2. The lowest BCUT2D eigenvalue weighted by molar-refractivity contribution is 0.0974. The number of hydrogen-bond acceptors (Lipinski definition) is 6. The maximum absolute atomic E-state index is 11.3. The second-order valence-electron chi connectivity index (χ2n) is 7.86. The summed E-state index contributed by atoms with van der Waals surface area (Å²) in [4.78, 5) is 22.9. The molecule has 0 spiro atoms. The Kier molecular flexibility index (Phi) is 5.13. The van der Waals surface area contributed by atoms with Crippen LogP contribution in [0.2, 0.25) is 0 Å². The SMILES string of the molecule is NC(=O)c1cc(-c2cnc(NC3CCN(Cc4ccccc4)CC3)c3nccn23)co1. The third-order valence-corrected chi connectivity index (χ3v) is 5.74. The van der Waals surface area contributed by atoms with Crippen molar-refractivity contribution in [2.45, 2.75) is 25.4 Å². The number of furan rings is 1. The molecule has 4 aromatic rings. The fourth-order valence-corrected chi connectivity index (χ4v) is 4.10. The van der Waals surface area contributed by atoms with Gasteiger partial charge in [-0.05, 0) is 24.5 Å². The summed E-state index contributed by atoms with van der Waals surface area (Å²) >= 11 is 0. The van der Waals surface area contributed by atoms with Crippen molar-refractivity contribution in [2.24, 2.45) is 5.73 Å². The first-order valence-corrected chi connectivity index (χ1v) is 10.4. The highest BCUT2D eigenvalue weighted by atomic mass is 16.3. The molecule has 0 unspecified atom stereocenters. The van der Waals surface area contributed by atoms with Gasteiger partial charge in [0.05, 0.1) is 11.9 Å². The van der Waals surface area contributed by atoms with Crippen molar-refractivity contribution in [1.82, 2.24) is 19.3 Å². The molecule has 3 aromatic heterocycles. The van der Waals surface area contributed by atoms with Gasteiger partial charge in [-0.3, -0.25) is 14.1 Å². The maximum atomic E-state index is 11.3. The fourth-order valence-electron chi connectivity index (χ4n) is 4.10. The Morgan fingerprint density at radius 1 is 1.19 bits per heavy atom. The largest absolute Gasteiger partial charge is 0.458 e. The molecule has 0 radical (unpaired) electrons. The molecule has 5 rings (SSSR count). The number of carbonyl (C=O) groups is 1. The van der Waals surface area contributed by atoms with Gasteiger partial charge in [0.15, 0.2) is 17.2 Å². The first kappa shape index (κ1) is 19.3. The molecule has 1 fully saturated rings. The molecule has 1 aliphatic rings. The van der Waals surface area contributed by atoms with Crippen LogP contribution in [0.1, 0.15) is 29.0 Å². The van der Waals surface area contributed by atoms with Crippen molar-refractivity contribution >= 4 is 17.4 Å². The van der Waals surface area contributed by atoms with Crippen LogP contribution >= 0.6 is 0 Å². The van der Waals surface area contributed by atoms with E-state index < -0.39 is 5.91 Å². The van der Waals surface area contributed by atoms with E-state index in [1.807, 2.05) is 10.6 Å². The van der Waals surface area contributed by atoms with Gasteiger partial charge >= 0.3 is 0 Å². The number of likely N-dealkylation sites (tertiary alicyclic amines) is 1. The summed E-state index contributed by atoms with van der Waals surface area (Å²) in [6.07, 6.45) is 8.98. The van der Waals surface area contributed by atoms with Gasteiger partial charge in [0.1, 0.15) is 6.26 Å². The minimum atomic E-state index is -0.599. The van der Waals surface area contributed by atoms with Crippen LogP contribution in [0.4, 0.5) is 5.82 Å². The number of carbonyl (C=O) groups excluding carboxylic acids is 1. The standard InChI is InChI=1S/C23H24N6O2/c24-21(30)20-12-17(15-31-20)19-13-26-22(23-25-8-11-29(19)23)27-18-6-9-28(10-7-18)14-16-4-2-1-3-5-16/h1-5,8,11-13,15,18H,6-7,9-10,14H2,(H2,24,30)(H,26,27). The van der Waals surface area contributed by atoms with Crippen molar-refractivity contribution in [2.75, 3.05) is 18.4 Å². The van der Waals surface area contributed by atoms with Crippen LogP contribution in [0.5, 0.6) is 0 Å². The Morgan fingerprint density at radius 3 is 2.74 bits per heavy atom. The normalized spacial score (nSPS) is 15.4. The summed E-state index contributed by atoms with van der Waals surface area (Å²) < 4.78 is 7.19. The number of rotatable bonds is 6. The number of fused-ring (bicyclic) bond motifs is 1. The topological polar surface area (TPSA) is 102 Å². The van der Waals surface area contributed by atoms with Crippen LogP contribution < -0.4 is 11.1 Å². The first-order chi connectivity index (χ1) is 15.2. The molecule has 0 atom stereocenters. The van der Waals surface area contributed by atoms with Crippen LogP contribution in [0.3, 0.4) is 0 Å². The molecule has 0 saturated carbocycles. The summed E-state index contributed by atoms with van der Waals surface area (Å²) in [5, 5.41) is 3.58. The van der Waals surface area contributed by atoms with E-state index in [0.717, 1.165) is 55.2 Å². The van der Waals surface area contributed by atoms with E-state index in [-0.39, 0.29) is 5.76 Å². The Morgan fingerprint density at radius 2 is 2.00 bits per heavy atom. The number of piperidine rings is 1. The smallest absolute Gasteiger partial charge is 0.284 e. The molecule has 0 aliphatic carbocycles. The highest BCUT2D eigenvalue weighted by molar-refractivity contribution is 5.91. The summed E-state index contributed by atoms with van der Waals surface area (Å²) in [5.74, 6) is 0.277. The Balaban J connectivity index is 1.28. The lowest BCUT2D eigenvalue weighted by atomic mass is 10.0. The summed E-state index contributed by atoms with van der Waals surface area (Å²) in [6.45, 7) is 3.07. The number of imidazole rings is 1. The molecule has 8 heteroatoms. The Hall–Kier alpha value is -3.65. The van der Waals surface area contributed by atoms with E-state index in [1.54, 1.807) is 18.5 Å². The number of aromatic nitrogens is 3. The number of benzene rings is 1. The molecular weight excluding hydrogens is 392 g/mol. The molecule has 1 saturated heterocycles. The average Bonchev–Trinajstić information content (AvgIpc) is 3.47. The quantitative estimate of drug-likeness (QED) is 0.501. The molecule has 1 amide bonds. The van der Waals surface area contributed by atoms with Gasteiger partial charge < -0.3 is 15.5 Å². The van der Waals surface area contributed by atoms with Gasteiger partial charge in [0.25, 0.3) is 5.91 Å². The highest BCUT2D eigenvalue weighted by Crippen LogP contribution is 2.26. The predicted octanol–water partition coefficient (Wildman–Crippen LogP) is 3.16. The number of anilines is 1. The number of nitrogens with two attached hydrogens (primary N) is 1. The van der Waals surface area contributed by atoms with Crippen LogP contribution in [0, 0.1) is 0 Å². The van der Waals surface area contributed by atoms with Gasteiger partial charge in [-0.15, -0.1) is 0 Å². The summed E-state index contributed by atoms with van der Waals surface area (Å²) in [6, 6.07) is 12.6. The number of nitrogens with one attached hydrogen (secondary N) is 1. The van der Waals surface area contributed by atoms with E-state index in [0.29, 0.717) is 6.04 Å². The summed E-state index contributed by atoms with van der Waals surface area (Å²) in [5.41, 5.74) is 8.90. The first-order valence-electron chi connectivity index (χ1n) is 10.4. The van der Waals surface area contributed by atoms with Crippen molar-refractivity contribution in [3.63, 3.8) is 0 Å². The third-order valence-electron chi connectivity index (χ3n) is 5.74. The van der Waals surface area contributed by atoms with Crippen molar-refractivity contribution in [3.05, 3.63) is 72.6 Å². The third kappa shape index (κ3) is 4.02. The van der Waals surface area contributed by atoms with Crippen LogP contribution in [-0.4, -0.2) is 44.3 Å². The van der Waals surface area contributed by atoms with Gasteiger partial charge in [-0.2, -0.15) is 0 Å². The zero-order valence-corrected chi connectivity index (χ0v) is 17.1. The van der Waals surface area contributed by atoms with E-state index in [4.69, 9.17) is 10.2 Å². The van der Waals surface area contributed by atoms with Gasteiger partial charge in [-0.1, -0.05) is 30.3 Å². The molecule has 1 aromatic carbocycles. The number of amides is 1. The van der Waals surface area contributed by atoms with Crippen molar-refractivity contribution in [3.8, 4) is 11.3 Å². The number of nitrogens with zero attached hydrogens (tertiary/aromatic N) is 4. The minimum Gasteiger partial charge on any atom is -0.458 e. The zero-order valence-electron chi connectivity index (χ0n) is 17.1. The molecular formula is C23H24N6O2. The molecule has 4 heterocycles. The monoisotopic (exact) mass is 416 g/mol. The maximum Gasteiger partial charge on any atom is 0.284 e. The molecule has 31 heavy (non-hydrogen) atoms. The van der Waals surface area contributed by atoms with E-state index in [9.17, 15) is 4.79 Å². The Bertz CT molecular complexity index is 1190. The molecule has 0 bridgehead atoms. The minimum absolute atomic E-state index is 0.118. The second-order valence-corrected chi connectivity index (χ2v) is 7.86. The Labute approximate surface area is 179 Å². The lowest BCUT2D eigenvalue weighted by Crippen LogP contribution is -2.38. The molecule has 1 aliphatic heterocycles. The van der Waals surface area contributed by atoms with Gasteiger partial charge in [0.2, 0.25) is 0 Å². The summed E-state index contributed by atoms with van der Waals surface area (Å²) in [7, 11) is 0. The molecule has 3 N–H and O–H groups in total. The fraction of sp³-hybridized carbons (Fsp3) is 0.261. The lowest BCUT2D eigenvalue weighted by Gasteiger charge is -2.32. The highest BCUT2D eigenvalue weighted by Gasteiger charge is 2.21. The average molecular weight is 416 g/mol. The van der Waals surface area contributed by atoms with Crippen LogP contribution in [-0.2, 0) is 6.54 Å². The van der Waals surface area contributed by atoms with Crippen LogP contribution in [0.25, 0.3) is 16.9 Å². The van der Waals surface area contributed by atoms with Gasteiger partial charge in [-0.25, -0.2) is 9.97 Å². The number of primary amides is 1. The van der Waals surface area contributed by atoms with E-state index in [2.05, 4.69) is 50.5 Å². The van der Waals surface area contributed by atoms with E-state index >= 15 is 0 Å². The predicted molar refractivity (Wildman–Crippen MR) is 118 cm³/mol. The zero-order chi connectivity index (χ0) is 21.2. The second kappa shape index (κ2) is 8.23. The van der Waals surface area contributed by atoms with Crippen LogP contribution in [0.15, 0.2) is 65.7 Å². The molecule has 158 valence electrons. The van der Waals surface area contributed by atoms with Crippen molar-refractivity contribution in [1.29, 1.82) is 0 Å². The van der Waals surface area contributed by atoms with Gasteiger partial charge in [0, 0.05) is 43.6 Å². The molecule has 8 nitrogen and oxygen atoms in total.